The van der Waals surface area contributed by atoms with Crippen molar-refractivity contribution >= 4 is 23.2 Å². The van der Waals surface area contributed by atoms with Crippen molar-refractivity contribution in [2.45, 2.75) is 38.9 Å². The second-order valence-electron chi connectivity index (χ2n) is 7.84. The number of hydrogen-bond donors (Lipinski definition) is 2. The van der Waals surface area contributed by atoms with Crippen LogP contribution in [0, 0.1) is 0 Å². The van der Waals surface area contributed by atoms with Gasteiger partial charge in [-0.3, -0.25) is 19.4 Å². The Balaban J connectivity index is 1.42. The number of nitrogens with zero attached hydrogens (tertiary/aromatic N) is 2. The molecule has 2 heterocycles. The summed E-state index contributed by atoms with van der Waals surface area (Å²) < 4.78 is 0. The molecular formula is C23H28N4O2. The zero-order chi connectivity index (χ0) is 20.2. The van der Waals surface area contributed by atoms with Gasteiger partial charge in [-0.15, -0.1) is 0 Å². The molecule has 0 aliphatic carbocycles. The van der Waals surface area contributed by atoms with Gasteiger partial charge in [-0.05, 0) is 56.1 Å². The number of fused-ring (bicyclic) bond motifs is 1. The summed E-state index contributed by atoms with van der Waals surface area (Å²) in [7, 11) is 0. The third-order valence-corrected chi connectivity index (χ3v) is 5.72. The molecule has 0 bridgehead atoms. The van der Waals surface area contributed by atoms with E-state index in [0.29, 0.717) is 12.2 Å². The highest BCUT2D eigenvalue weighted by molar-refractivity contribution is 6.11. The molecule has 29 heavy (non-hydrogen) atoms. The quantitative estimate of drug-likeness (QED) is 0.793. The Morgan fingerprint density at radius 3 is 2.55 bits per heavy atom. The van der Waals surface area contributed by atoms with Crippen LogP contribution in [-0.4, -0.2) is 42.4 Å². The number of benzene rings is 2. The Kier molecular flexibility index (Phi) is 5.92. The number of para-hydroxylation sites is 2. The molecule has 2 aromatic rings. The number of rotatable bonds is 6. The van der Waals surface area contributed by atoms with Crippen LogP contribution in [0.15, 0.2) is 48.5 Å². The molecule has 4 rings (SSSR count). The lowest BCUT2D eigenvalue weighted by molar-refractivity contribution is -0.123. The van der Waals surface area contributed by atoms with Crippen molar-refractivity contribution in [3.8, 4) is 0 Å². The van der Waals surface area contributed by atoms with Gasteiger partial charge in [0.25, 0.3) is 0 Å². The van der Waals surface area contributed by atoms with Gasteiger partial charge in [-0.25, -0.2) is 0 Å². The topological polar surface area (TPSA) is 64.7 Å². The highest BCUT2D eigenvalue weighted by Crippen LogP contribution is 2.29. The minimum Gasteiger partial charge on any atom is -0.323 e. The minimum absolute atomic E-state index is 0.0490. The SMILES string of the molecule is C[C@@H](NCc1ccccc1CN1CCCC1)C(=O)N1CC(=O)Nc2ccccc21. The van der Waals surface area contributed by atoms with Gasteiger partial charge >= 0.3 is 0 Å². The maximum Gasteiger partial charge on any atom is 0.244 e. The van der Waals surface area contributed by atoms with Gasteiger partial charge in [0, 0.05) is 13.1 Å². The molecule has 1 fully saturated rings. The number of carbonyl (C=O) groups is 2. The van der Waals surface area contributed by atoms with Gasteiger partial charge in [-0.1, -0.05) is 36.4 Å². The van der Waals surface area contributed by atoms with Gasteiger partial charge in [0.2, 0.25) is 11.8 Å². The molecule has 0 aromatic heterocycles. The number of hydrogen-bond acceptors (Lipinski definition) is 4. The number of anilines is 2. The van der Waals surface area contributed by atoms with Crippen molar-refractivity contribution in [1.29, 1.82) is 0 Å². The first-order valence-electron chi connectivity index (χ1n) is 10.3. The smallest absolute Gasteiger partial charge is 0.244 e. The predicted molar refractivity (Wildman–Crippen MR) is 115 cm³/mol. The van der Waals surface area contributed by atoms with Gasteiger partial charge in [-0.2, -0.15) is 0 Å². The highest BCUT2D eigenvalue weighted by Gasteiger charge is 2.29. The number of amides is 2. The fraction of sp³-hybridized carbons (Fsp3) is 0.391. The number of carbonyl (C=O) groups excluding carboxylic acids is 2. The van der Waals surface area contributed by atoms with Crippen LogP contribution in [0.1, 0.15) is 30.9 Å². The van der Waals surface area contributed by atoms with E-state index in [-0.39, 0.29) is 18.4 Å². The third kappa shape index (κ3) is 4.49. The zero-order valence-corrected chi connectivity index (χ0v) is 16.9. The molecule has 1 saturated heterocycles. The summed E-state index contributed by atoms with van der Waals surface area (Å²) >= 11 is 0. The second kappa shape index (κ2) is 8.76. The molecule has 6 nitrogen and oxygen atoms in total. The van der Waals surface area contributed by atoms with Crippen LogP contribution in [0.2, 0.25) is 0 Å². The molecule has 2 amide bonds. The molecule has 2 aliphatic rings. The molecule has 2 aromatic carbocycles. The predicted octanol–water partition coefficient (Wildman–Crippen LogP) is 2.75. The highest BCUT2D eigenvalue weighted by atomic mass is 16.2. The molecule has 2 aliphatic heterocycles. The van der Waals surface area contributed by atoms with Crippen LogP contribution >= 0.6 is 0 Å². The average molecular weight is 393 g/mol. The molecule has 0 saturated carbocycles. The fourth-order valence-corrected chi connectivity index (χ4v) is 4.08. The molecule has 1 atom stereocenters. The van der Waals surface area contributed by atoms with E-state index in [4.69, 9.17) is 0 Å². The summed E-state index contributed by atoms with van der Waals surface area (Å²) in [4.78, 5) is 29.1. The zero-order valence-electron chi connectivity index (χ0n) is 16.9. The molecule has 0 radical (unpaired) electrons. The Hall–Kier alpha value is -2.70. The van der Waals surface area contributed by atoms with Gasteiger partial charge in [0.1, 0.15) is 6.54 Å². The molecule has 152 valence electrons. The maximum absolute atomic E-state index is 13.1. The summed E-state index contributed by atoms with van der Waals surface area (Å²) in [6.45, 7) is 5.81. The van der Waals surface area contributed by atoms with E-state index >= 15 is 0 Å². The summed E-state index contributed by atoms with van der Waals surface area (Å²) in [5, 5.41) is 6.19. The van der Waals surface area contributed by atoms with Crippen LogP contribution in [0.4, 0.5) is 11.4 Å². The van der Waals surface area contributed by atoms with E-state index in [1.807, 2.05) is 37.3 Å². The molecule has 2 N–H and O–H groups in total. The summed E-state index contributed by atoms with van der Waals surface area (Å²) in [6.07, 6.45) is 2.55. The molecular weight excluding hydrogens is 364 g/mol. The average Bonchev–Trinajstić information content (AvgIpc) is 3.25. The van der Waals surface area contributed by atoms with Crippen molar-refractivity contribution in [1.82, 2.24) is 10.2 Å². The first-order chi connectivity index (χ1) is 14.1. The van der Waals surface area contributed by atoms with Crippen molar-refractivity contribution < 1.29 is 9.59 Å². The second-order valence-corrected chi connectivity index (χ2v) is 7.84. The lowest BCUT2D eigenvalue weighted by Gasteiger charge is -2.31. The monoisotopic (exact) mass is 392 g/mol. The van der Waals surface area contributed by atoms with Crippen molar-refractivity contribution in [2.75, 3.05) is 29.9 Å². The Labute approximate surface area is 171 Å². The summed E-state index contributed by atoms with van der Waals surface area (Å²) in [6, 6.07) is 15.4. The van der Waals surface area contributed by atoms with E-state index in [9.17, 15) is 9.59 Å². The third-order valence-electron chi connectivity index (χ3n) is 5.72. The van der Waals surface area contributed by atoms with Crippen molar-refractivity contribution in [3.63, 3.8) is 0 Å². The first kappa shape index (κ1) is 19.6. The van der Waals surface area contributed by atoms with Gasteiger partial charge in [0.05, 0.1) is 17.4 Å². The Bertz CT molecular complexity index is 892. The van der Waals surface area contributed by atoms with E-state index < -0.39 is 6.04 Å². The van der Waals surface area contributed by atoms with E-state index in [1.54, 1.807) is 4.90 Å². The maximum atomic E-state index is 13.1. The lowest BCUT2D eigenvalue weighted by Crippen LogP contribution is -2.49. The van der Waals surface area contributed by atoms with Gasteiger partial charge < -0.3 is 10.6 Å². The summed E-state index contributed by atoms with van der Waals surface area (Å²) in [5.41, 5.74) is 3.96. The lowest BCUT2D eigenvalue weighted by atomic mass is 10.1. The molecule has 6 heteroatoms. The number of nitrogens with one attached hydrogen (secondary N) is 2. The van der Waals surface area contributed by atoms with Crippen LogP contribution in [-0.2, 0) is 22.7 Å². The Morgan fingerprint density at radius 1 is 1.07 bits per heavy atom. The minimum atomic E-state index is -0.395. The summed E-state index contributed by atoms with van der Waals surface area (Å²) in [5.74, 6) is -0.260. The van der Waals surface area contributed by atoms with Gasteiger partial charge in [0.15, 0.2) is 0 Å². The van der Waals surface area contributed by atoms with E-state index in [2.05, 4.69) is 33.7 Å². The van der Waals surface area contributed by atoms with Crippen LogP contribution in [0.3, 0.4) is 0 Å². The molecule has 0 spiro atoms. The van der Waals surface area contributed by atoms with Crippen molar-refractivity contribution in [2.24, 2.45) is 0 Å². The first-order valence-corrected chi connectivity index (χ1v) is 10.3. The van der Waals surface area contributed by atoms with Crippen LogP contribution in [0.25, 0.3) is 0 Å². The number of likely N-dealkylation sites (tertiary alicyclic amines) is 1. The van der Waals surface area contributed by atoms with Crippen molar-refractivity contribution in [3.05, 3.63) is 59.7 Å². The Morgan fingerprint density at radius 2 is 1.76 bits per heavy atom. The largest absolute Gasteiger partial charge is 0.323 e. The van der Waals surface area contributed by atoms with E-state index in [1.165, 1.54) is 24.0 Å². The normalized spacial score (nSPS) is 17.7. The van der Waals surface area contributed by atoms with E-state index in [0.717, 1.165) is 25.3 Å². The molecule has 0 unspecified atom stereocenters. The standard InChI is InChI=1S/C23H28N4O2/c1-17(23(29)27-16-22(28)25-20-10-4-5-11-21(20)27)24-14-18-8-2-3-9-19(18)15-26-12-6-7-13-26/h2-5,8-11,17,24H,6-7,12-16H2,1H3,(H,25,28)/t17-/m1/s1. The van der Waals surface area contributed by atoms with Crippen LogP contribution < -0.4 is 15.5 Å². The van der Waals surface area contributed by atoms with Crippen LogP contribution in [0.5, 0.6) is 0 Å². The fourth-order valence-electron chi connectivity index (χ4n) is 4.08.